The molecule has 1 aromatic carbocycles. The standard InChI is InChI=1S/C13H18N2O2/c1-9-3-4-11(12(16)7-9)13(17)15-6-5-14-10(2)8-15/h3-4,7,10,14,16H,5-6,8H2,1-2H3/t10-/m0/s1. The number of phenolic OH excluding ortho intramolecular Hbond substituents is 1. The molecule has 0 aromatic heterocycles. The molecule has 1 fully saturated rings. The van der Waals surface area contributed by atoms with Crippen LogP contribution >= 0.6 is 0 Å². The smallest absolute Gasteiger partial charge is 0.257 e. The first-order chi connectivity index (χ1) is 8.08. The first-order valence-electron chi connectivity index (χ1n) is 5.90. The molecule has 2 rings (SSSR count). The van der Waals surface area contributed by atoms with Crippen molar-refractivity contribution in [3.8, 4) is 5.75 Å². The normalized spacial score (nSPS) is 20.4. The van der Waals surface area contributed by atoms with Gasteiger partial charge in [-0.25, -0.2) is 0 Å². The van der Waals surface area contributed by atoms with Gasteiger partial charge in [0.1, 0.15) is 5.75 Å². The number of carbonyl (C=O) groups excluding carboxylic acids is 1. The molecule has 0 aliphatic carbocycles. The number of hydrogen-bond acceptors (Lipinski definition) is 3. The predicted octanol–water partition coefficient (Wildman–Crippen LogP) is 1.13. The monoisotopic (exact) mass is 234 g/mol. The molecule has 1 heterocycles. The lowest BCUT2D eigenvalue weighted by Gasteiger charge is -2.32. The van der Waals surface area contributed by atoms with Crippen LogP contribution in [-0.2, 0) is 0 Å². The van der Waals surface area contributed by atoms with Crippen molar-refractivity contribution >= 4 is 5.91 Å². The van der Waals surface area contributed by atoms with E-state index < -0.39 is 0 Å². The van der Waals surface area contributed by atoms with Crippen molar-refractivity contribution in [2.24, 2.45) is 0 Å². The Morgan fingerprint density at radius 3 is 2.94 bits per heavy atom. The van der Waals surface area contributed by atoms with Crippen LogP contribution in [0.5, 0.6) is 5.75 Å². The molecule has 1 aromatic rings. The topological polar surface area (TPSA) is 52.6 Å². The Bertz CT molecular complexity index is 431. The maximum atomic E-state index is 12.2. The average molecular weight is 234 g/mol. The number of rotatable bonds is 1. The lowest BCUT2D eigenvalue weighted by Crippen LogP contribution is -2.51. The second-order valence-corrected chi connectivity index (χ2v) is 4.63. The highest BCUT2D eigenvalue weighted by atomic mass is 16.3. The Morgan fingerprint density at radius 2 is 2.29 bits per heavy atom. The van der Waals surface area contributed by atoms with Crippen molar-refractivity contribution < 1.29 is 9.90 Å². The summed E-state index contributed by atoms with van der Waals surface area (Å²) in [5.41, 5.74) is 1.34. The lowest BCUT2D eigenvalue weighted by atomic mass is 10.1. The molecule has 1 amide bonds. The first-order valence-corrected chi connectivity index (χ1v) is 5.90. The molecule has 1 aliphatic heterocycles. The van der Waals surface area contributed by atoms with Gasteiger partial charge in [-0.3, -0.25) is 4.79 Å². The van der Waals surface area contributed by atoms with Gasteiger partial charge in [0.05, 0.1) is 5.56 Å². The molecule has 0 unspecified atom stereocenters. The van der Waals surface area contributed by atoms with Crippen molar-refractivity contribution in [1.82, 2.24) is 10.2 Å². The molecule has 4 nitrogen and oxygen atoms in total. The summed E-state index contributed by atoms with van der Waals surface area (Å²) < 4.78 is 0. The Balaban J connectivity index is 2.18. The van der Waals surface area contributed by atoms with Crippen LogP contribution in [0.2, 0.25) is 0 Å². The van der Waals surface area contributed by atoms with E-state index in [2.05, 4.69) is 12.2 Å². The highest BCUT2D eigenvalue weighted by Crippen LogP contribution is 2.20. The third kappa shape index (κ3) is 2.58. The molecule has 17 heavy (non-hydrogen) atoms. The Hall–Kier alpha value is -1.55. The predicted molar refractivity (Wildman–Crippen MR) is 66.2 cm³/mol. The van der Waals surface area contributed by atoms with Gasteiger partial charge in [0, 0.05) is 25.7 Å². The lowest BCUT2D eigenvalue weighted by molar-refractivity contribution is 0.0706. The third-order valence-electron chi connectivity index (χ3n) is 3.04. The van der Waals surface area contributed by atoms with E-state index >= 15 is 0 Å². The minimum Gasteiger partial charge on any atom is -0.507 e. The molecule has 0 bridgehead atoms. The van der Waals surface area contributed by atoms with E-state index in [1.54, 1.807) is 17.0 Å². The maximum absolute atomic E-state index is 12.2. The Labute approximate surface area is 101 Å². The SMILES string of the molecule is Cc1ccc(C(=O)N2CCN[C@@H](C)C2)c(O)c1. The summed E-state index contributed by atoms with van der Waals surface area (Å²) in [4.78, 5) is 14.0. The number of benzene rings is 1. The largest absolute Gasteiger partial charge is 0.507 e. The zero-order valence-corrected chi connectivity index (χ0v) is 10.2. The number of hydrogen-bond donors (Lipinski definition) is 2. The molecule has 1 saturated heterocycles. The van der Waals surface area contributed by atoms with Crippen molar-refractivity contribution in [3.05, 3.63) is 29.3 Å². The molecular weight excluding hydrogens is 216 g/mol. The molecule has 0 spiro atoms. The first kappa shape index (κ1) is 11.9. The number of carbonyl (C=O) groups is 1. The molecule has 92 valence electrons. The van der Waals surface area contributed by atoms with Gasteiger partial charge in [0.2, 0.25) is 0 Å². The van der Waals surface area contributed by atoms with Crippen LogP contribution < -0.4 is 5.32 Å². The van der Waals surface area contributed by atoms with Crippen LogP contribution in [0.1, 0.15) is 22.8 Å². The molecule has 1 atom stereocenters. The number of amides is 1. The number of nitrogens with one attached hydrogen (secondary N) is 1. The highest BCUT2D eigenvalue weighted by molar-refractivity contribution is 5.97. The van der Waals surface area contributed by atoms with Gasteiger partial charge in [0.25, 0.3) is 5.91 Å². The van der Waals surface area contributed by atoms with Gasteiger partial charge < -0.3 is 15.3 Å². The van der Waals surface area contributed by atoms with E-state index in [1.165, 1.54) is 0 Å². The number of aromatic hydroxyl groups is 1. The van der Waals surface area contributed by atoms with Gasteiger partial charge in [-0.05, 0) is 31.5 Å². The molecule has 1 aliphatic rings. The summed E-state index contributed by atoms with van der Waals surface area (Å²) in [5, 5.41) is 13.1. The Kier molecular flexibility index (Phi) is 3.33. The van der Waals surface area contributed by atoms with E-state index in [1.807, 2.05) is 13.0 Å². The maximum Gasteiger partial charge on any atom is 0.257 e. The van der Waals surface area contributed by atoms with E-state index in [0.717, 1.165) is 12.1 Å². The number of phenols is 1. The van der Waals surface area contributed by atoms with Crippen LogP contribution in [0, 0.1) is 6.92 Å². The van der Waals surface area contributed by atoms with Crippen molar-refractivity contribution in [1.29, 1.82) is 0 Å². The summed E-state index contributed by atoms with van der Waals surface area (Å²) in [6, 6.07) is 5.47. The summed E-state index contributed by atoms with van der Waals surface area (Å²) in [6.07, 6.45) is 0. The van der Waals surface area contributed by atoms with Crippen LogP contribution in [0.3, 0.4) is 0 Å². The minimum absolute atomic E-state index is 0.0705. The summed E-state index contributed by atoms with van der Waals surface area (Å²) >= 11 is 0. The second kappa shape index (κ2) is 4.75. The molecule has 0 radical (unpaired) electrons. The van der Waals surface area contributed by atoms with Crippen LogP contribution in [0.25, 0.3) is 0 Å². The fraction of sp³-hybridized carbons (Fsp3) is 0.462. The van der Waals surface area contributed by atoms with Crippen molar-refractivity contribution in [2.75, 3.05) is 19.6 Å². The Morgan fingerprint density at radius 1 is 1.53 bits per heavy atom. The number of aryl methyl sites for hydroxylation is 1. The third-order valence-corrected chi connectivity index (χ3v) is 3.04. The van der Waals surface area contributed by atoms with E-state index in [4.69, 9.17) is 0 Å². The van der Waals surface area contributed by atoms with Gasteiger partial charge in [-0.15, -0.1) is 0 Å². The van der Waals surface area contributed by atoms with E-state index in [9.17, 15) is 9.90 Å². The van der Waals surface area contributed by atoms with Crippen LogP contribution in [0.15, 0.2) is 18.2 Å². The molecule has 2 N–H and O–H groups in total. The fourth-order valence-electron chi connectivity index (χ4n) is 2.11. The molecule has 4 heteroatoms. The van der Waals surface area contributed by atoms with E-state index in [0.29, 0.717) is 24.7 Å². The number of nitrogens with zero attached hydrogens (tertiary/aromatic N) is 1. The second-order valence-electron chi connectivity index (χ2n) is 4.63. The molecular formula is C13H18N2O2. The van der Waals surface area contributed by atoms with Gasteiger partial charge >= 0.3 is 0 Å². The average Bonchev–Trinajstić information content (AvgIpc) is 2.28. The quantitative estimate of drug-likeness (QED) is 0.766. The fourth-order valence-corrected chi connectivity index (χ4v) is 2.11. The summed E-state index contributed by atoms with van der Waals surface area (Å²) in [5.74, 6) is -0.0166. The van der Waals surface area contributed by atoms with Crippen molar-refractivity contribution in [2.45, 2.75) is 19.9 Å². The molecule has 0 saturated carbocycles. The van der Waals surface area contributed by atoms with Crippen LogP contribution in [0.4, 0.5) is 0 Å². The van der Waals surface area contributed by atoms with Gasteiger partial charge in [-0.2, -0.15) is 0 Å². The van der Waals surface area contributed by atoms with Gasteiger partial charge in [0.15, 0.2) is 0 Å². The van der Waals surface area contributed by atoms with E-state index in [-0.39, 0.29) is 11.7 Å². The number of piperazine rings is 1. The summed E-state index contributed by atoms with van der Waals surface area (Å²) in [7, 11) is 0. The van der Waals surface area contributed by atoms with Crippen molar-refractivity contribution in [3.63, 3.8) is 0 Å². The zero-order valence-electron chi connectivity index (χ0n) is 10.2. The minimum atomic E-state index is -0.0872. The summed E-state index contributed by atoms with van der Waals surface area (Å²) in [6.45, 7) is 6.12. The zero-order chi connectivity index (χ0) is 12.4. The highest BCUT2D eigenvalue weighted by Gasteiger charge is 2.23. The van der Waals surface area contributed by atoms with Gasteiger partial charge in [-0.1, -0.05) is 6.07 Å². The van der Waals surface area contributed by atoms with Crippen LogP contribution in [-0.4, -0.2) is 41.6 Å².